The lowest BCUT2D eigenvalue weighted by Gasteiger charge is -2.19. The van der Waals surface area contributed by atoms with Crippen LogP contribution in [-0.2, 0) is 4.79 Å². The lowest BCUT2D eigenvalue weighted by molar-refractivity contribution is -0.123. The summed E-state index contributed by atoms with van der Waals surface area (Å²) in [7, 11) is 0. The van der Waals surface area contributed by atoms with E-state index in [0.717, 1.165) is 83.5 Å². The molecule has 4 nitrogen and oxygen atoms in total. The highest BCUT2D eigenvalue weighted by Gasteiger charge is 2.17. The van der Waals surface area contributed by atoms with Gasteiger partial charge in [-0.2, -0.15) is 0 Å². The molecular weight excluding hydrogens is 747 g/mol. The molecule has 0 aromatic carbocycles. The number of rotatable bonds is 45. The Morgan fingerprint density at radius 3 is 1.08 bits per heavy atom. The van der Waals surface area contributed by atoms with Crippen LogP contribution in [0.2, 0.25) is 0 Å². The number of unbranched alkanes of at least 4 members (excludes halogenated alkanes) is 22. The number of carbonyl (C=O) groups is 1. The molecule has 0 saturated heterocycles. The lowest BCUT2D eigenvalue weighted by Crippen LogP contribution is -2.45. The van der Waals surface area contributed by atoms with E-state index in [-0.39, 0.29) is 12.5 Å². The Balaban J connectivity index is 3.69. The molecule has 348 valence electrons. The van der Waals surface area contributed by atoms with Crippen molar-refractivity contribution in [3.8, 4) is 0 Å². The van der Waals surface area contributed by atoms with Gasteiger partial charge in [0.2, 0.25) is 5.91 Å². The van der Waals surface area contributed by atoms with Gasteiger partial charge in [0.1, 0.15) is 0 Å². The fourth-order valence-corrected chi connectivity index (χ4v) is 7.13. The first-order chi connectivity index (χ1) is 30.2. The molecule has 0 heterocycles. The molecule has 0 radical (unpaired) electrons. The molecule has 1 amide bonds. The molecule has 0 rings (SSSR count). The summed E-state index contributed by atoms with van der Waals surface area (Å²) in [6.45, 7) is 4.18. The molecule has 61 heavy (non-hydrogen) atoms. The van der Waals surface area contributed by atoms with E-state index >= 15 is 0 Å². The summed E-state index contributed by atoms with van der Waals surface area (Å²) >= 11 is 0. The zero-order chi connectivity index (χ0) is 44.2. The summed E-state index contributed by atoms with van der Waals surface area (Å²) in [6, 6.07) is -0.654. The van der Waals surface area contributed by atoms with Crippen LogP contribution in [-0.4, -0.2) is 34.9 Å². The van der Waals surface area contributed by atoms with Crippen molar-refractivity contribution in [1.29, 1.82) is 0 Å². The number of hydrogen-bond donors (Lipinski definition) is 3. The van der Waals surface area contributed by atoms with E-state index in [1.54, 1.807) is 6.08 Å². The fourth-order valence-electron chi connectivity index (χ4n) is 7.13. The van der Waals surface area contributed by atoms with Gasteiger partial charge in [0, 0.05) is 6.42 Å². The van der Waals surface area contributed by atoms with Crippen LogP contribution in [0.5, 0.6) is 0 Å². The molecule has 0 bridgehead atoms. The van der Waals surface area contributed by atoms with Crippen molar-refractivity contribution in [1.82, 2.24) is 5.32 Å². The molecule has 0 aromatic heterocycles. The van der Waals surface area contributed by atoms with E-state index in [4.69, 9.17) is 0 Å². The molecular formula is C57H97NO3. The predicted molar refractivity (Wildman–Crippen MR) is 271 cm³/mol. The standard InChI is InChI=1S/C57H97NO3/c1-3-5-7-9-11-13-15-17-19-21-23-25-27-28-29-30-31-33-35-37-39-41-43-45-47-49-51-53-57(61)58-55(54-59)56(60)52-50-48-46-44-42-40-38-36-34-32-26-24-22-20-18-16-14-12-10-8-6-4-2/h5,7,11,13,17,19,23,25,28-29,31,33,37,39,43,45,50,52,55-56,59-60H,3-4,6,8-10,12,14-16,18,20-22,24,26-27,30,32,34-36,38,40-42,44,46-49,51,53-54H2,1-2H3,(H,58,61)/b7-5-,13-11-,19-17-,25-23-,29-28-,33-31-,39-37-,45-43-,52-50+. The molecule has 2 atom stereocenters. The number of nitrogens with one attached hydrogen (secondary N) is 1. The average Bonchev–Trinajstić information content (AvgIpc) is 3.26. The molecule has 0 aromatic rings. The minimum atomic E-state index is -0.866. The van der Waals surface area contributed by atoms with Gasteiger partial charge in [-0.3, -0.25) is 4.79 Å². The van der Waals surface area contributed by atoms with Crippen LogP contribution >= 0.6 is 0 Å². The number of amides is 1. The van der Waals surface area contributed by atoms with Crippen molar-refractivity contribution in [2.45, 2.75) is 238 Å². The normalized spacial score (nSPS) is 13.8. The van der Waals surface area contributed by atoms with Crippen molar-refractivity contribution < 1.29 is 15.0 Å². The highest BCUT2D eigenvalue weighted by atomic mass is 16.3. The molecule has 2 unspecified atom stereocenters. The zero-order valence-electron chi connectivity index (χ0n) is 39.9. The van der Waals surface area contributed by atoms with Gasteiger partial charge in [-0.1, -0.05) is 245 Å². The highest BCUT2D eigenvalue weighted by Crippen LogP contribution is 2.15. The summed E-state index contributed by atoms with van der Waals surface area (Å²) in [5, 5.41) is 23.1. The van der Waals surface area contributed by atoms with Gasteiger partial charge >= 0.3 is 0 Å². The number of aliphatic hydroxyl groups excluding tert-OH is 2. The van der Waals surface area contributed by atoms with Crippen LogP contribution in [0.1, 0.15) is 226 Å². The van der Waals surface area contributed by atoms with Gasteiger partial charge in [0.25, 0.3) is 0 Å². The Morgan fingerprint density at radius 2 is 0.721 bits per heavy atom. The Morgan fingerprint density at radius 1 is 0.410 bits per heavy atom. The van der Waals surface area contributed by atoms with E-state index in [9.17, 15) is 15.0 Å². The molecule has 0 aliphatic rings. The third-order valence-electron chi connectivity index (χ3n) is 11.0. The van der Waals surface area contributed by atoms with Crippen molar-refractivity contribution >= 4 is 5.91 Å². The number of carbonyl (C=O) groups excluding carboxylic acids is 1. The smallest absolute Gasteiger partial charge is 0.220 e. The first-order valence-electron chi connectivity index (χ1n) is 25.6. The van der Waals surface area contributed by atoms with Gasteiger partial charge in [-0.15, -0.1) is 0 Å². The van der Waals surface area contributed by atoms with Crippen molar-refractivity contribution in [3.05, 3.63) is 109 Å². The van der Waals surface area contributed by atoms with Crippen molar-refractivity contribution in [2.24, 2.45) is 0 Å². The fraction of sp³-hybridized carbons (Fsp3) is 0.667. The summed E-state index contributed by atoms with van der Waals surface area (Å²) in [4.78, 5) is 12.4. The second-order valence-corrected chi connectivity index (χ2v) is 16.9. The SMILES string of the molecule is CC/C=C\C/C=C\C/C=C\C/C=C\C/C=C\C/C=C\C/C=C\C/C=C\CCCCC(=O)NC(CO)C(O)/C=C/CCCCCCCCCCCCCCCCCCCCCC. The minimum absolute atomic E-state index is 0.109. The number of allylic oxidation sites excluding steroid dienone is 17. The lowest BCUT2D eigenvalue weighted by atomic mass is 10.0. The van der Waals surface area contributed by atoms with Crippen LogP contribution < -0.4 is 5.32 Å². The summed E-state index contributed by atoms with van der Waals surface area (Å²) in [5.74, 6) is -0.109. The predicted octanol–water partition coefficient (Wildman–Crippen LogP) is 16.7. The maximum Gasteiger partial charge on any atom is 0.220 e. The Labute approximate surface area is 378 Å². The summed E-state index contributed by atoms with van der Waals surface area (Å²) in [6.07, 6.45) is 77.9. The Bertz CT molecular complexity index is 1180. The van der Waals surface area contributed by atoms with Crippen LogP contribution in [0.4, 0.5) is 0 Å². The monoisotopic (exact) mass is 844 g/mol. The highest BCUT2D eigenvalue weighted by molar-refractivity contribution is 5.76. The molecule has 0 fully saturated rings. The van der Waals surface area contributed by atoms with E-state index in [2.05, 4.69) is 116 Å². The minimum Gasteiger partial charge on any atom is -0.394 e. The number of hydrogen-bond acceptors (Lipinski definition) is 3. The van der Waals surface area contributed by atoms with Gasteiger partial charge < -0.3 is 15.5 Å². The molecule has 0 spiro atoms. The maximum atomic E-state index is 12.4. The molecule has 3 N–H and O–H groups in total. The van der Waals surface area contributed by atoms with Gasteiger partial charge in [-0.25, -0.2) is 0 Å². The topological polar surface area (TPSA) is 69.6 Å². The molecule has 4 heteroatoms. The third kappa shape index (κ3) is 47.9. The first kappa shape index (κ1) is 58.0. The van der Waals surface area contributed by atoms with Crippen molar-refractivity contribution in [3.63, 3.8) is 0 Å². The van der Waals surface area contributed by atoms with Crippen molar-refractivity contribution in [2.75, 3.05) is 6.61 Å². The van der Waals surface area contributed by atoms with Crippen LogP contribution in [0.25, 0.3) is 0 Å². The largest absolute Gasteiger partial charge is 0.394 e. The quantitative estimate of drug-likeness (QED) is 0.0422. The molecule has 0 saturated carbocycles. The molecule has 0 aliphatic carbocycles. The van der Waals surface area contributed by atoms with Crippen LogP contribution in [0.3, 0.4) is 0 Å². The molecule has 0 aliphatic heterocycles. The first-order valence-corrected chi connectivity index (χ1v) is 25.6. The van der Waals surface area contributed by atoms with Gasteiger partial charge in [0.15, 0.2) is 0 Å². The third-order valence-corrected chi connectivity index (χ3v) is 11.0. The van der Waals surface area contributed by atoms with Gasteiger partial charge in [-0.05, 0) is 83.5 Å². The summed E-state index contributed by atoms with van der Waals surface area (Å²) < 4.78 is 0. The van der Waals surface area contributed by atoms with Crippen LogP contribution in [0.15, 0.2) is 109 Å². The van der Waals surface area contributed by atoms with E-state index in [1.807, 2.05) is 6.08 Å². The zero-order valence-corrected chi connectivity index (χ0v) is 39.9. The second kappa shape index (κ2) is 51.4. The average molecular weight is 844 g/mol. The Kier molecular flexibility index (Phi) is 48.9. The second-order valence-electron chi connectivity index (χ2n) is 16.9. The van der Waals surface area contributed by atoms with E-state index in [0.29, 0.717) is 6.42 Å². The number of aliphatic hydroxyl groups is 2. The maximum absolute atomic E-state index is 12.4. The Hall–Kier alpha value is -2.95. The van der Waals surface area contributed by atoms with E-state index in [1.165, 1.54) is 122 Å². The summed E-state index contributed by atoms with van der Waals surface area (Å²) in [5.41, 5.74) is 0. The van der Waals surface area contributed by atoms with E-state index < -0.39 is 12.1 Å². The van der Waals surface area contributed by atoms with Gasteiger partial charge in [0.05, 0.1) is 18.8 Å². The van der Waals surface area contributed by atoms with Crippen LogP contribution in [0, 0.1) is 0 Å².